The molecular formula is C37H38FN4O7P. The maximum Gasteiger partial charge on any atom is 0.459 e. The molecule has 0 bridgehead atoms. The van der Waals surface area contributed by atoms with Gasteiger partial charge in [0.1, 0.15) is 48.9 Å². The minimum Gasteiger partial charge on any atom is -0.460 e. The van der Waals surface area contributed by atoms with Gasteiger partial charge in [-0.25, -0.2) is 18.9 Å². The van der Waals surface area contributed by atoms with Gasteiger partial charge in [0.15, 0.2) is 5.67 Å². The van der Waals surface area contributed by atoms with Crippen molar-refractivity contribution >= 4 is 35.9 Å². The van der Waals surface area contributed by atoms with Gasteiger partial charge < -0.3 is 24.8 Å². The number of halogens is 1. The zero-order chi connectivity index (χ0) is 35.5. The first-order chi connectivity index (χ1) is 24.0. The summed E-state index contributed by atoms with van der Waals surface area (Å²) in [6, 6.07) is 20.5. The predicted molar refractivity (Wildman–Crippen MR) is 186 cm³/mol. The number of aryl methyl sites for hydroxylation is 1. The monoisotopic (exact) mass is 700 g/mol. The number of aliphatic hydroxyl groups is 1. The van der Waals surface area contributed by atoms with Crippen molar-refractivity contribution in [1.82, 2.24) is 15.1 Å². The number of hydrogen-bond acceptors (Lipinski definition) is 10. The van der Waals surface area contributed by atoms with Crippen molar-refractivity contribution in [2.75, 3.05) is 12.3 Å². The number of aliphatic hydroxyl groups excluding tert-OH is 1. The van der Waals surface area contributed by atoms with E-state index in [1.165, 1.54) is 20.2 Å². The first kappa shape index (κ1) is 35.2. The van der Waals surface area contributed by atoms with E-state index in [-0.39, 0.29) is 18.2 Å². The standard InChI is InChI=1S/C37H38FN4O7P/c1-4-25-19-27(17-18-29-32(25)35(39)41-22-40-29)34-37(3,38)33(43)31(48-34)21-47-50(45,49-30-16-10-14-26-13-8-9-15-28(26)30)42-23(2)36(44)46-20-24-11-6-5-7-12-24/h1,5-16,19,22-23,27,31,33-34,43H,17-18,20-21H2,2-3H3,(H,42,45)(H2,39,40,41)/t23-,27?,31+,33+,34?,37+,50?/m0/s1. The number of esters is 1. The van der Waals surface area contributed by atoms with Crippen LogP contribution < -0.4 is 15.3 Å². The fourth-order valence-corrected chi connectivity index (χ4v) is 7.87. The number of nitrogens with one attached hydrogen (secondary N) is 1. The van der Waals surface area contributed by atoms with Gasteiger partial charge in [0.25, 0.3) is 0 Å². The lowest BCUT2D eigenvalue weighted by molar-refractivity contribution is -0.146. The molecule has 13 heteroatoms. The highest BCUT2D eigenvalue weighted by atomic mass is 31.2. The SMILES string of the molecule is C#CC1=CC(C2O[C@H](COP(=O)(N[C@@H](C)C(=O)OCc3ccccc3)Oc3cccc4ccccc34)[C@@H](O)[C@@]2(C)F)CCc2ncnc(N)c21. The van der Waals surface area contributed by atoms with Crippen LogP contribution in [-0.2, 0) is 36.4 Å². The predicted octanol–water partition coefficient (Wildman–Crippen LogP) is 5.57. The normalized spacial score (nSPS) is 25.0. The van der Waals surface area contributed by atoms with E-state index in [0.717, 1.165) is 10.9 Å². The van der Waals surface area contributed by atoms with Crippen LogP contribution in [0.2, 0.25) is 0 Å². The van der Waals surface area contributed by atoms with E-state index < -0.39 is 56.3 Å². The molecule has 1 aliphatic carbocycles. The number of ether oxygens (including phenoxy) is 2. The van der Waals surface area contributed by atoms with Crippen LogP contribution in [0.5, 0.6) is 5.75 Å². The summed E-state index contributed by atoms with van der Waals surface area (Å²) in [7, 11) is -4.42. The molecule has 1 aromatic heterocycles. The minimum absolute atomic E-state index is 0.000855. The molecule has 1 saturated heterocycles. The molecule has 6 rings (SSSR count). The molecule has 50 heavy (non-hydrogen) atoms. The number of benzene rings is 3. The fraction of sp³-hybridized carbons (Fsp3) is 0.324. The van der Waals surface area contributed by atoms with Gasteiger partial charge in [-0.15, -0.1) is 6.42 Å². The zero-order valence-electron chi connectivity index (χ0n) is 27.6. The number of nitrogens with two attached hydrogens (primary N) is 1. The van der Waals surface area contributed by atoms with E-state index in [2.05, 4.69) is 21.0 Å². The van der Waals surface area contributed by atoms with Gasteiger partial charge in [0.2, 0.25) is 0 Å². The number of nitrogens with zero attached hydrogens (tertiary/aromatic N) is 2. The number of aromatic nitrogens is 2. The van der Waals surface area contributed by atoms with Crippen LogP contribution in [0.4, 0.5) is 10.2 Å². The molecule has 0 radical (unpaired) electrons. The highest BCUT2D eigenvalue weighted by molar-refractivity contribution is 7.52. The van der Waals surface area contributed by atoms with Crippen LogP contribution in [0.15, 0.2) is 85.2 Å². The molecule has 4 aromatic rings. The first-order valence-electron chi connectivity index (χ1n) is 16.2. The molecular weight excluding hydrogens is 662 g/mol. The third kappa shape index (κ3) is 7.43. The number of rotatable bonds is 11. The summed E-state index contributed by atoms with van der Waals surface area (Å²) < 4.78 is 54.3. The minimum atomic E-state index is -4.42. The highest BCUT2D eigenvalue weighted by Crippen LogP contribution is 2.49. The van der Waals surface area contributed by atoms with Crippen LogP contribution >= 0.6 is 7.75 Å². The summed E-state index contributed by atoms with van der Waals surface area (Å²) in [6.07, 6.45) is 5.58. The van der Waals surface area contributed by atoms with Crippen molar-refractivity contribution in [3.8, 4) is 18.1 Å². The number of terminal acetylenes is 1. The fourth-order valence-electron chi connectivity index (χ4n) is 6.35. The van der Waals surface area contributed by atoms with Crippen LogP contribution in [0, 0.1) is 18.3 Å². The number of nitrogen functional groups attached to an aromatic ring is 1. The smallest absolute Gasteiger partial charge is 0.459 e. The van der Waals surface area contributed by atoms with Gasteiger partial charge in [-0.1, -0.05) is 78.7 Å². The van der Waals surface area contributed by atoms with E-state index >= 15 is 4.39 Å². The van der Waals surface area contributed by atoms with Crippen LogP contribution in [0.1, 0.15) is 37.1 Å². The van der Waals surface area contributed by atoms with Crippen molar-refractivity contribution in [1.29, 1.82) is 0 Å². The summed E-state index contributed by atoms with van der Waals surface area (Å²) >= 11 is 0. The lowest BCUT2D eigenvalue weighted by atomic mass is 9.84. The topological polar surface area (TPSA) is 155 Å². The molecule has 260 valence electrons. The Labute approximate surface area is 289 Å². The van der Waals surface area contributed by atoms with Gasteiger partial charge in [0.05, 0.1) is 17.9 Å². The Morgan fingerprint density at radius 1 is 1.18 bits per heavy atom. The summed E-state index contributed by atoms with van der Waals surface area (Å²) in [5.74, 6) is 1.76. The molecule has 1 aliphatic heterocycles. The molecule has 3 aromatic carbocycles. The van der Waals surface area contributed by atoms with E-state index in [4.69, 9.17) is 30.7 Å². The Hall–Kier alpha value is -4.63. The second-order valence-corrected chi connectivity index (χ2v) is 14.2. The zero-order valence-corrected chi connectivity index (χ0v) is 28.5. The summed E-state index contributed by atoms with van der Waals surface area (Å²) in [4.78, 5) is 21.4. The molecule has 11 nitrogen and oxygen atoms in total. The second-order valence-electron chi connectivity index (χ2n) is 12.5. The van der Waals surface area contributed by atoms with E-state index in [1.54, 1.807) is 30.3 Å². The second kappa shape index (κ2) is 14.7. The van der Waals surface area contributed by atoms with Crippen molar-refractivity contribution in [2.24, 2.45) is 5.92 Å². The molecule has 2 heterocycles. The van der Waals surface area contributed by atoms with Gasteiger partial charge in [-0.2, -0.15) is 5.09 Å². The van der Waals surface area contributed by atoms with E-state index in [1.807, 2.05) is 48.5 Å². The third-order valence-corrected chi connectivity index (χ3v) is 10.6. The third-order valence-electron chi connectivity index (χ3n) is 8.98. The van der Waals surface area contributed by atoms with Crippen molar-refractivity contribution in [3.63, 3.8) is 0 Å². The molecule has 0 amide bonds. The molecule has 0 spiro atoms. The first-order valence-corrected chi connectivity index (χ1v) is 17.7. The van der Waals surface area contributed by atoms with E-state index in [0.29, 0.717) is 35.1 Å². The molecule has 1 fully saturated rings. The molecule has 3 unspecified atom stereocenters. The number of anilines is 1. The molecule has 7 atom stereocenters. The Morgan fingerprint density at radius 2 is 1.92 bits per heavy atom. The maximum atomic E-state index is 16.4. The van der Waals surface area contributed by atoms with Gasteiger partial charge >= 0.3 is 13.7 Å². The summed E-state index contributed by atoms with van der Waals surface area (Å²) in [5.41, 5.74) is 6.18. The quantitative estimate of drug-likeness (QED) is 0.102. The molecule has 4 N–H and O–H groups in total. The highest BCUT2D eigenvalue weighted by Gasteiger charge is 2.56. The summed E-state index contributed by atoms with van der Waals surface area (Å²) in [5, 5.41) is 15.3. The Kier molecular flexibility index (Phi) is 10.3. The summed E-state index contributed by atoms with van der Waals surface area (Å²) in [6.45, 7) is 2.16. The van der Waals surface area contributed by atoms with Gasteiger partial charge in [-0.3, -0.25) is 9.32 Å². The number of carbonyl (C=O) groups is 1. The van der Waals surface area contributed by atoms with Crippen molar-refractivity contribution in [3.05, 3.63) is 102 Å². The Bertz CT molecular complexity index is 1980. The lowest BCUT2D eigenvalue weighted by Crippen LogP contribution is -2.44. The lowest BCUT2D eigenvalue weighted by Gasteiger charge is -2.28. The average Bonchev–Trinajstić information content (AvgIpc) is 3.22. The maximum absolute atomic E-state index is 16.4. The number of alkyl halides is 1. The average molecular weight is 701 g/mol. The molecule has 0 saturated carbocycles. The Morgan fingerprint density at radius 3 is 2.70 bits per heavy atom. The van der Waals surface area contributed by atoms with Gasteiger partial charge in [-0.05, 0) is 43.7 Å². The van der Waals surface area contributed by atoms with Crippen LogP contribution in [0.25, 0.3) is 16.3 Å². The molecule has 2 aliphatic rings. The van der Waals surface area contributed by atoms with Crippen LogP contribution in [0.3, 0.4) is 0 Å². The number of fused-ring (bicyclic) bond motifs is 2. The van der Waals surface area contributed by atoms with Crippen LogP contribution in [-0.4, -0.2) is 57.7 Å². The van der Waals surface area contributed by atoms with Crippen molar-refractivity contribution in [2.45, 2.75) is 63.3 Å². The number of allylic oxidation sites excluding steroid dienone is 1. The van der Waals surface area contributed by atoms with E-state index in [9.17, 15) is 14.5 Å². The number of carbonyl (C=O) groups excluding carboxylic acids is 1. The van der Waals surface area contributed by atoms with Crippen molar-refractivity contribution < 1.29 is 37.4 Å². The number of hydrogen-bond donors (Lipinski definition) is 3. The Balaban J connectivity index is 1.22. The van der Waals surface area contributed by atoms with Gasteiger partial charge in [0, 0.05) is 16.9 Å². The largest absolute Gasteiger partial charge is 0.460 e.